The highest BCUT2D eigenvalue weighted by Crippen LogP contribution is 2.31. The molecule has 6 nitrogen and oxygen atoms in total. The van der Waals surface area contributed by atoms with Crippen molar-refractivity contribution in [2.45, 2.75) is 18.0 Å². The monoisotopic (exact) mass is 513 g/mol. The van der Waals surface area contributed by atoms with Crippen molar-refractivity contribution >= 4 is 20.6 Å². The fourth-order valence-corrected chi connectivity index (χ4v) is 4.37. The molecule has 0 aliphatic rings. The molecule has 0 fully saturated rings. The topological polar surface area (TPSA) is 81.9 Å². The Morgan fingerprint density at radius 3 is 2.20 bits per heavy atom. The Balaban J connectivity index is 1.95. The van der Waals surface area contributed by atoms with Gasteiger partial charge in [0.05, 0.1) is 22.9 Å². The number of benzene rings is 2. The highest BCUT2D eigenvalue weighted by molar-refractivity contribution is 7.91. The van der Waals surface area contributed by atoms with Crippen LogP contribution < -0.4 is 5.56 Å². The van der Waals surface area contributed by atoms with Crippen LogP contribution in [0.3, 0.4) is 0 Å². The van der Waals surface area contributed by atoms with Crippen molar-refractivity contribution in [2.24, 2.45) is 0 Å². The number of pyridine rings is 1. The van der Waals surface area contributed by atoms with E-state index in [1.165, 1.54) is 6.92 Å². The van der Waals surface area contributed by atoms with Gasteiger partial charge in [0.15, 0.2) is 33.1 Å². The fraction of sp³-hybridized carbons (Fsp3) is 0.136. The van der Waals surface area contributed by atoms with Gasteiger partial charge in [-0.3, -0.25) is 4.79 Å². The molecule has 2 aromatic heterocycles. The molecule has 0 amide bonds. The molecule has 0 atom stereocenters. The molecular formula is C22H13F6N3O3S. The Morgan fingerprint density at radius 2 is 1.60 bits per heavy atom. The highest BCUT2D eigenvalue weighted by atomic mass is 32.2. The maximum absolute atomic E-state index is 13.7. The van der Waals surface area contributed by atoms with Crippen LogP contribution in [0, 0.1) is 17.5 Å². The lowest BCUT2D eigenvalue weighted by atomic mass is 10.1. The zero-order chi connectivity index (χ0) is 25.7. The standard InChI is InChI=1S/C22H13F6N3O3S/c1-2-35(33,34)18-8-12(11-6-16(23)19(25)17(24)7-11)9-29-20(18)31-21(32)15-4-3-14(22(26,27)28)5-13(15)10-30-31/h3-10H,2H2,1H3. The summed E-state index contributed by atoms with van der Waals surface area (Å²) >= 11 is 0. The Labute approximate surface area is 193 Å². The quantitative estimate of drug-likeness (QED) is 0.293. The first-order chi connectivity index (χ1) is 16.3. The summed E-state index contributed by atoms with van der Waals surface area (Å²) in [6.07, 6.45) is -2.70. The molecule has 0 saturated heterocycles. The van der Waals surface area contributed by atoms with Gasteiger partial charge in [0, 0.05) is 17.1 Å². The molecule has 0 aliphatic heterocycles. The fourth-order valence-electron chi connectivity index (χ4n) is 3.34. The van der Waals surface area contributed by atoms with Gasteiger partial charge in [-0.15, -0.1) is 0 Å². The van der Waals surface area contributed by atoms with Gasteiger partial charge in [0.2, 0.25) is 0 Å². The highest BCUT2D eigenvalue weighted by Gasteiger charge is 2.31. The average Bonchev–Trinajstić information content (AvgIpc) is 2.81. The second-order valence-electron chi connectivity index (χ2n) is 7.36. The molecule has 0 spiro atoms. The SMILES string of the molecule is CCS(=O)(=O)c1cc(-c2cc(F)c(F)c(F)c2)cnc1-n1ncc2cc(C(F)(F)F)ccc2c1=O. The molecule has 0 aliphatic carbocycles. The molecule has 13 heteroatoms. The number of sulfone groups is 1. The first-order valence-corrected chi connectivity index (χ1v) is 11.5. The van der Waals surface area contributed by atoms with E-state index in [0.717, 1.165) is 30.6 Å². The van der Waals surface area contributed by atoms with Crippen LogP contribution in [0.5, 0.6) is 0 Å². The lowest BCUT2D eigenvalue weighted by Gasteiger charge is -2.13. The van der Waals surface area contributed by atoms with Gasteiger partial charge in [0.1, 0.15) is 4.90 Å². The summed E-state index contributed by atoms with van der Waals surface area (Å²) in [6, 6.07) is 4.66. The summed E-state index contributed by atoms with van der Waals surface area (Å²) < 4.78 is 106. The van der Waals surface area contributed by atoms with E-state index < -0.39 is 61.1 Å². The van der Waals surface area contributed by atoms with Crippen LogP contribution >= 0.6 is 0 Å². The van der Waals surface area contributed by atoms with Crippen molar-refractivity contribution in [3.63, 3.8) is 0 Å². The van der Waals surface area contributed by atoms with Crippen LogP contribution in [-0.2, 0) is 16.0 Å². The lowest BCUT2D eigenvalue weighted by molar-refractivity contribution is -0.137. The molecule has 0 N–H and O–H groups in total. The van der Waals surface area contributed by atoms with Gasteiger partial charge in [-0.1, -0.05) is 6.92 Å². The summed E-state index contributed by atoms with van der Waals surface area (Å²) in [6.45, 7) is 1.30. The van der Waals surface area contributed by atoms with E-state index in [1.807, 2.05) is 0 Å². The third-order valence-electron chi connectivity index (χ3n) is 5.18. The van der Waals surface area contributed by atoms with Crippen molar-refractivity contribution < 1.29 is 34.8 Å². The van der Waals surface area contributed by atoms with E-state index in [1.54, 1.807) is 0 Å². The molecular weight excluding hydrogens is 500 g/mol. The number of nitrogens with zero attached hydrogens (tertiary/aromatic N) is 3. The number of halogens is 6. The molecule has 0 unspecified atom stereocenters. The third-order valence-corrected chi connectivity index (χ3v) is 6.91. The second-order valence-corrected chi connectivity index (χ2v) is 9.61. The Bertz CT molecular complexity index is 1630. The number of alkyl halides is 3. The molecule has 0 saturated carbocycles. The normalized spacial score (nSPS) is 12.3. The molecule has 35 heavy (non-hydrogen) atoms. The van der Waals surface area contributed by atoms with Crippen LogP contribution in [0.1, 0.15) is 12.5 Å². The maximum atomic E-state index is 13.7. The van der Waals surface area contributed by atoms with Gasteiger partial charge in [0.25, 0.3) is 5.56 Å². The van der Waals surface area contributed by atoms with E-state index in [2.05, 4.69) is 10.1 Å². The van der Waals surface area contributed by atoms with Crippen molar-refractivity contribution in [3.05, 3.63) is 82.2 Å². The predicted molar refractivity (Wildman–Crippen MR) is 113 cm³/mol. The maximum Gasteiger partial charge on any atom is 0.416 e. The minimum atomic E-state index is -4.65. The zero-order valence-corrected chi connectivity index (χ0v) is 18.4. The third kappa shape index (κ3) is 4.38. The zero-order valence-electron chi connectivity index (χ0n) is 17.6. The van der Waals surface area contributed by atoms with Crippen molar-refractivity contribution in [1.82, 2.24) is 14.8 Å². The van der Waals surface area contributed by atoms with E-state index in [-0.39, 0.29) is 21.9 Å². The van der Waals surface area contributed by atoms with Gasteiger partial charge < -0.3 is 0 Å². The van der Waals surface area contributed by atoms with E-state index in [0.29, 0.717) is 22.9 Å². The molecule has 0 bridgehead atoms. The molecule has 2 aromatic carbocycles. The minimum absolute atomic E-state index is 0.0952. The van der Waals surface area contributed by atoms with Crippen LogP contribution in [0.2, 0.25) is 0 Å². The molecule has 182 valence electrons. The molecule has 0 radical (unpaired) electrons. The number of rotatable bonds is 4. The largest absolute Gasteiger partial charge is 0.416 e. The van der Waals surface area contributed by atoms with E-state index in [4.69, 9.17) is 0 Å². The van der Waals surface area contributed by atoms with E-state index >= 15 is 0 Å². The summed E-state index contributed by atoms with van der Waals surface area (Å²) in [4.78, 5) is 16.4. The number of hydrogen-bond donors (Lipinski definition) is 0. The van der Waals surface area contributed by atoms with E-state index in [9.17, 15) is 39.6 Å². The molecule has 4 aromatic rings. The van der Waals surface area contributed by atoms with Gasteiger partial charge >= 0.3 is 6.18 Å². The lowest BCUT2D eigenvalue weighted by Crippen LogP contribution is -2.24. The predicted octanol–water partition coefficient (Wildman–Crippen LogP) is 4.68. The number of fused-ring (bicyclic) bond motifs is 1. The molecule has 2 heterocycles. The first-order valence-electron chi connectivity index (χ1n) is 9.81. The van der Waals surface area contributed by atoms with Crippen molar-refractivity contribution in [1.29, 1.82) is 0 Å². The summed E-state index contributed by atoms with van der Waals surface area (Å²) in [7, 11) is -4.10. The number of aromatic nitrogens is 3. The number of hydrogen-bond acceptors (Lipinski definition) is 5. The van der Waals surface area contributed by atoms with Crippen LogP contribution in [0.15, 0.2) is 58.5 Å². The minimum Gasteiger partial charge on any atom is -0.267 e. The van der Waals surface area contributed by atoms with Crippen LogP contribution in [0.4, 0.5) is 26.3 Å². The van der Waals surface area contributed by atoms with Gasteiger partial charge in [-0.2, -0.15) is 23.0 Å². The summed E-state index contributed by atoms with van der Waals surface area (Å²) in [5.41, 5.74) is -2.25. The Morgan fingerprint density at radius 1 is 0.943 bits per heavy atom. The summed E-state index contributed by atoms with van der Waals surface area (Å²) in [5.74, 6) is -5.64. The first kappa shape index (κ1) is 24.4. The average molecular weight is 513 g/mol. The van der Waals surface area contributed by atoms with Crippen LogP contribution in [0.25, 0.3) is 27.7 Å². The van der Waals surface area contributed by atoms with Crippen LogP contribution in [-0.4, -0.2) is 28.9 Å². The summed E-state index contributed by atoms with van der Waals surface area (Å²) in [5, 5.41) is 3.48. The second kappa shape index (κ2) is 8.48. The Hall–Kier alpha value is -3.74. The Kier molecular flexibility index (Phi) is 5.91. The van der Waals surface area contributed by atoms with Gasteiger partial charge in [-0.05, 0) is 42.0 Å². The van der Waals surface area contributed by atoms with Crippen molar-refractivity contribution in [3.8, 4) is 16.9 Å². The van der Waals surface area contributed by atoms with Crippen molar-refractivity contribution in [2.75, 3.05) is 5.75 Å². The molecule has 4 rings (SSSR count). The smallest absolute Gasteiger partial charge is 0.267 e. The van der Waals surface area contributed by atoms with Gasteiger partial charge in [-0.25, -0.2) is 26.6 Å².